The Kier molecular flexibility index (Phi) is 6.26. The molecule has 0 bridgehead atoms. The maximum atomic E-state index is 11.8. The zero-order chi connectivity index (χ0) is 15.3. The van der Waals surface area contributed by atoms with Crippen molar-refractivity contribution in [2.24, 2.45) is 0 Å². The summed E-state index contributed by atoms with van der Waals surface area (Å²) in [5.74, 6) is -1.94. The van der Waals surface area contributed by atoms with Gasteiger partial charge in [0.15, 0.2) is 6.10 Å². The molecule has 1 aromatic rings. The van der Waals surface area contributed by atoms with Crippen molar-refractivity contribution in [1.82, 2.24) is 5.32 Å². The van der Waals surface area contributed by atoms with E-state index in [0.29, 0.717) is 6.42 Å². The van der Waals surface area contributed by atoms with Gasteiger partial charge < -0.3 is 15.5 Å². The van der Waals surface area contributed by atoms with Gasteiger partial charge in [0.1, 0.15) is 6.04 Å². The van der Waals surface area contributed by atoms with Crippen LogP contribution in [-0.4, -0.2) is 28.1 Å². The highest BCUT2D eigenvalue weighted by atomic mass is 35.5. The van der Waals surface area contributed by atoms with E-state index < -0.39 is 24.0 Å². The first-order valence-electron chi connectivity index (χ1n) is 6.02. The van der Waals surface area contributed by atoms with Gasteiger partial charge in [-0.3, -0.25) is 4.79 Å². The van der Waals surface area contributed by atoms with Crippen molar-refractivity contribution >= 4 is 35.1 Å². The first-order chi connectivity index (χ1) is 9.35. The minimum absolute atomic E-state index is 0.209. The Labute approximate surface area is 126 Å². The predicted molar refractivity (Wildman–Crippen MR) is 75.9 cm³/mol. The quantitative estimate of drug-likeness (QED) is 0.751. The number of carbonyl (C=O) groups excluding carboxylic acids is 1. The van der Waals surface area contributed by atoms with Crippen LogP contribution >= 0.6 is 23.2 Å². The number of rotatable bonds is 6. The minimum Gasteiger partial charge on any atom is -0.480 e. The average molecular weight is 320 g/mol. The van der Waals surface area contributed by atoms with Crippen LogP contribution in [0, 0.1) is 0 Å². The van der Waals surface area contributed by atoms with Gasteiger partial charge in [-0.1, -0.05) is 36.5 Å². The molecule has 20 heavy (non-hydrogen) atoms. The largest absolute Gasteiger partial charge is 0.480 e. The van der Waals surface area contributed by atoms with Crippen LogP contribution in [0.3, 0.4) is 0 Å². The Morgan fingerprint density at radius 3 is 2.25 bits per heavy atom. The smallest absolute Gasteiger partial charge is 0.326 e. The molecule has 0 aliphatic heterocycles. The molecule has 1 rings (SSSR count). The van der Waals surface area contributed by atoms with Crippen LogP contribution in [0.25, 0.3) is 0 Å². The molecule has 5 nitrogen and oxygen atoms in total. The summed E-state index contributed by atoms with van der Waals surface area (Å²) in [5, 5.41) is 21.7. The number of halogens is 2. The highest BCUT2D eigenvalue weighted by Crippen LogP contribution is 2.23. The van der Waals surface area contributed by atoms with Gasteiger partial charge in [0, 0.05) is 10.0 Å². The topological polar surface area (TPSA) is 86.6 Å². The number of carboxylic acids is 1. The zero-order valence-electron chi connectivity index (χ0n) is 10.8. The number of hydrogen-bond acceptors (Lipinski definition) is 3. The number of aliphatic hydroxyl groups is 1. The second kappa shape index (κ2) is 7.47. The monoisotopic (exact) mass is 319 g/mol. The van der Waals surface area contributed by atoms with Gasteiger partial charge in [-0.2, -0.15) is 0 Å². The molecule has 7 heteroatoms. The third kappa shape index (κ3) is 4.67. The summed E-state index contributed by atoms with van der Waals surface area (Å²) in [6.45, 7) is 1.80. The van der Waals surface area contributed by atoms with E-state index in [1.807, 2.05) is 0 Å². The zero-order valence-corrected chi connectivity index (χ0v) is 12.3. The number of carboxylic acid groups (broad SMARTS) is 1. The molecule has 0 radical (unpaired) electrons. The minimum atomic E-state index is -1.52. The Morgan fingerprint density at radius 1 is 1.25 bits per heavy atom. The molecule has 0 aliphatic rings. The van der Waals surface area contributed by atoms with Gasteiger partial charge in [-0.25, -0.2) is 4.79 Å². The van der Waals surface area contributed by atoms with Gasteiger partial charge in [0.05, 0.1) is 0 Å². The van der Waals surface area contributed by atoms with Crippen molar-refractivity contribution in [1.29, 1.82) is 0 Å². The van der Waals surface area contributed by atoms with Crippen molar-refractivity contribution < 1.29 is 19.8 Å². The summed E-state index contributed by atoms with van der Waals surface area (Å²) in [6.07, 6.45) is -0.648. The Morgan fingerprint density at radius 2 is 1.80 bits per heavy atom. The van der Waals surface area contributed by atoms with E-state index in [-0.39, 0.29) is 22.0 Å². The fourth-order valence-electron chi connectivity index (χ4n) is 1.68. The van der Waals surface area contributed by atoms with Crippen LogP contribution < -0.4 is 5.32 Å². The molecule has 0 aliphatic carbocycles. The number of hydrogen-bond donors (Lipinski definition) is 3. The predicted octanol–water partition coefficient (Wildman–Crippen LogP) is 2.40. The van der Waals surface area contributed by atoms with Gasteiger partial charge in [-0.05, 0) is 30.2 Å². The number of benzene rings is 1. The maximum absolute atomic E-state index is 11.8. The van der Waals surface area contributed by atoms with E-state index in [9.17, 15) is 14.7 Å². The lowest BCUT2D eigenvalue weighted by molar-refractivity contribution is -0.143. The molecule has 1 amide bonds. The second-order valence-electron chi connectivity index (χ2n) is 4.29. The van der Waals surface area contributed by atoms with Crippen molar-refractivity contribution in [2.75, 3.05) is 0 Å². The first-order valence-corrected chi connectivity index (χ1v) is 6.78. The summed E-state index contributed by atoms with van der Waals surface area (Å²) in [4.78, 5) is 22.8. The number of carbonyl (C=O) groups is 2. The molecule has 110 valence electrons. The Bertz CT molecular complexity index is 487. The Balaban J connectivity index is 2.82. The summed E-state index contributed by atoms with van der Waals surface area (Å²) in [7, 11) is 0. The van der Waals surface area contributed by atoms with Crippen LogP contribution in [0.1, 0.15) is 31.4 Å². The average Bonchev–Trinajstić information content (AvgIpc) is 2.35. The molecule has 0 aromatic heterocycles. The summed E-state index contributed by atoms with van der Waals surface area (Å²) in [5.41, 5.74) is 0.209. The lowest BCUT2D eigenvalue weighted by atomic mass is 10.1. The van der Waals surface area contributed by atoms with Crippen LogP contribution in [0.2, 0.25) is 10.0 Å². The molecule has 0 spiro atoms. The van der Waals surface area contributed by atoms with Gasteiger partial charge >= 0.3 is 5.97 Å². The van der Waals surface area contributed by atoms with Crippen molar-refractivity contribution in [3.05, 3.63) is 33.8 Å². The SMILES string of the molecule is CCCC(NC(=O)C(O)c1cc(Cl)cc(Cl)c1)C(=O)O. The molecule has 2 atom stereocenters. The molecule has 0 fully saturated rings. The molecule has 0 saturated carbocycles. The van der Waals surface area contributed by atoms with E-state index in [4.69, 9.17) is 28.3 Å². The number of nitrogens with one attached hydrogen (secondary N) is 1. The summed E-state index contributed by atoms with van der Waals surface area (Å²) in [6, 6.07) is 3.23. The molecule has 0 saturated heterocycles. The van der Waals surface area contributed by atoms with E-state index in [0.717, 1.165) is 0 Å². The summed E-state index contributed by atoms with van der Waals surface area (Å²) < 4.78 is 0. The third-order valence-electron chi connectivity index (χ3n) is 2.64. The fraction of sp³-hybridized carbons (Fsp3) is 0.385. The fourth-order valence-corrected chi connectivity index (χ4v) is 2.22. The highest BCUT2D eigenvalue weighted by molar-refractivity contribution is 6.34. The van der Waals surface area contributed by atoms with Crippen LogP contribution in [0.4, 0.5) is 0 Å². The van der Waals surface area contributed by atoms with Gasteiger partial charge in [0.25, 0.3) is 5.91 Å². The summed E-state index contributed by atoms with van der Waals surface area (Å²) >= 11 is 11.6. The number of aliphatic carboxylic acids is 1. The second-order valence-corrected chi connectivity index (χ2v) is 5.17. The van der Waals surface area contributed by atoms with Gasteiger partial charge in [0.2, 0.25) is 0 Å². The number of amides is 1. The van der Waals surface area contributed by atoms with Crippen LogP contribution in [-0.2, 0) is 9.59 Å². The molecule has 3 N–H and O–H groups in total. The Hall–Kier alpha value is -1.30. The van der Waals surface area contributed by atoms with Crippen LogP contribution in [0.5, 0.6) is 0 Å². The standard InChI is InChI=1S/C13H15Cl2NO4/c1-2-3-10(13(19)20)16-12(18)11(17)7-4-8(14)6-9(15)5-7/h4-6,10-11,17H,2-3H2,1H3,(H,16,18)(H,19,20). The molecule has 1 aromatic carbocycles. The lowest BCUT2D eigenvalue weighted by Crippen LogP contribution is -2.42. The molecule has 0 heterocycles. The normalized spacial score (nSPS) is 13.6. The van der Waals surface area contributed by atoms with Crippen LogP contribution in [0.15, 0.2) is 18.2 Å². The van der Waals surface area contributed by atoms with E-state index in [1.54, 1.807) is 6.92 Å². The lowest BCUT2D eigenvalue weighted by Gasteiger charge is -2.17. The van der Waals surface area contributed by atoms with E-state index in [1.165, 1.54) is 18.2 Å². The van der Waals surface area contributed by atoms with Crippen molar-refractivity contribution in [3.63, 3.8) is 0 Å². The first kappa shape index (κ1) is 16.8. The number of aliphatic hydroxyl groups excluding tert-OH is 1. The van der Waals surface area contributed by atoms with E-state index >= 15 is 0 Å². The van der Waals surface area contributed by atoms with E-state index in [2.05, 4.69) is 5.32 Å². The van der Waals surface area contributed by atoms with Gasteiger partial charge in [-0.15, -0.1) is 0 Å². The molecule has 2 unspecified atom stereocenters. The third-order valence-corrected chi connectivity index (χ3v) is 3.08. The molecular weight excluding hydrogens is 305 g/mol. The molecular formula is C13H15Cl2NO4. The highest BCUT2D eigenvalue weighted by Gasteiger charge is 2.24. The van der Waals surface area contributed by atoms with Crippen molar-refractivity contribution in [2.45, 2.75) is 31.9 Å². The maximum Gasteiger partial charge on any atom is 0.326 e. The van der Waals surface area contributed by atoms with Crippen molar-refractivity contribution in [3.8, 4) is 0 Å².